The maximum atomic E-state index is 12.5. The van der Waals surface area contributed by atoms with Gasteiger partial charge in [0.25, 0.3) is 11.8 Å². The summed E-state index contributed by atoms with van der Waals surface area (Å²) >= 11 is 5.87. The van der Waals surface area contributed by atoms with E-state index < -0.39 is 5.91 Å². The number of nitrogens with zero attached hydrogens (tertiary/aromatic N) is 1. The Morgan fingerprint density at radius 1 is 1.00 bits per heavy atom. The largest absolute Gasteiger partial charge is 0.490 e. The second-order valence-electron chi connectivity index (χ2n) is 7.85. The van der Waals surface area contributed by atoms with Crippen LogP contribution in [-0.2, 0) is 9.59 Å². The Labute approximate surface area is 215 Å². The van der Waals surface area contributed by atoms with E-state index in [1.54, 1.807) is 42.5 Å². The molecule has 0 radical (unpaired) electrons. The quantitative estimate of drug-likeness (QED) is 0.279. The Hall–Kier alpha value is -4.28. The Morgan fingerprint density at radius 3 is 2.44 bits per heavy atom. The molecule has 0 bridgehead atoms. The minimum absolute atomic E-state index is 0.0889. The van der Waals surface area contributed by atoms with E-state index in [1.807, 2.05) is 45.0 Å². The first-order valence-corrected chi connectivity index (χ1v) is 11.6. The van der Waals surface area contributed by atoms with Gasteiger partial charge in [-0.05, 0) is 86.0 Å². The summed E-state index contributed by atoms with van der Waals surface area (Å²) in [6.45, 7) is 5.89. The van der Waals surface area contributed by atoms with E-state index in [1.165, 1.54) is 6.08 Å². The number of ether oxygens (including phenoxy) is 2. The molecule has 36 heavy (non-hydrogen) atoms. The van der Waals surface area contributed by atoms with Gasteiger partial charge in [-0.25, -0.2) is 0 Å². The van der Waals surface area contributed by atoms with Gasteiger partial charge >= 0.3 is 0 Å². The summed E-state index contributed by atoms with van der Waals surface area (Å²) in [6, 6.07) is 19.1. The van der Waals surface area contributed by atoms with Crippen molar-refractivity contribution in [3.05, 3.63) is 87.9 Å². The zero-order chi connectivity index (χ0) is 26.1. The molecule has 7 nitrogen and oxygen atoms in total. The average molecular weight is 504 g/mol. The molecule has 184 valence electrons. The molecule has 0 aliphatic carbocycles. The van der Waals surface area contributed by atoms with Crippen molar-refractivity contribution in [2.24, 2.45) is 0 Å². The van der Waals surface area contributed by atoms with Crippen LogP contribution in [-0.4, -0.2) is 25.0 Å². The molecule has 3 aromatic carbocycles. The predicted molar refractivity (Wildman–Crippen MR) is 141 cm³/mol. The van der Waals surface area contributed by atoms with Crippen LogP contribution >= 0.6 is 11.6 Å². The molecule has 0 saturated carbocycles. The number of carbonyl (C=O) groups is 2. The lowest BCUT2D eigenvalue weighted by atomic mass is 10.1. The first-order chi connectivity index (χ1) is 17.3. The van der Waals surface area contributed by atoms with Gasteiger partial charge in [0.1, 0.15) is 11.6 Å². The summed E-state index contributed by atoms with van der Waals surface area (Å²) < 4.78 is 11.4. The third-order valence-electron chi connectivity index (χ3n) is 5.28. The lowest BCUT2D eigenvalue weighted by Crippen LogP contribution is -2.21. The SMILES string of the molecule is CCOc1cc(/C=C(/C#N)C(=O)Nc2ccc(Cl)cc2)ccc1OCC(=O)Nc1cccc(C)c1C. The van der Waals surface area contributed by atoms with E-state index in [4.69, 9.17) is 21.1 Å². The molecule has 8 heteroatoms. The predicted octanol–water partition coefficient (Wildman–Crippen LogP) is 5.92. The number of rotatable bonds is 9. The van der Waals surface area contributed by atoms with Crippen molar-refractivity contribution in [2.75, 3.05) is 23.8 Å². The maximum absolute atomic E-state index is 12.5. The number of amides is 2. The van der Waals surface area contributed by atoms with Crippen molar-refractivity contribution in [3.63, 3.8) is 0 Å². The topological polar surface area (TPSA) is 100 Å². The maximum Gasteiger partial charge on any atom is 0.266 e. The lowest BCUT2D eigenvalue weighted by molar-refractivity contribution is -0.118. The van der Waals surface area contributed by atoms with Crippen LogP contribution in [0.25, 0.3) is 6.08 Å². The fourth-order valence-corrected chi connectivity index (χ4v) is 3.39. The molecule has 0 atom stereocenters. The highest BCUT2D eigenvalue weighted by molar-refractivity contribution is 6.30. The number of aryl methyl sites for hydroxylation is 1. The first-order valence-electron chi connectivity index (χ1n) is 11.2. The van der Waals surface area contributed by atoms with Crippen LogP contribution < -0.4 is 20.1 Å². The van der Waals surface area contributed by atoms with Gasteiger partial charge in [0, 0.05) is 16.4 Å². The van der Waals surface area contributed by atoms with E-state index >= 15 is 0 Å². The third-order valence-corrected chi connectivity index (χ3v) is 5.54. The van der Waals surface area contributed by atoms with Gasteiger partial charge < -0.3 is 20.1 Å². The van der Waals surface area contributed by atoms with Gasteiger partial charge in [0.15, 0.2) is 18.1 Å². The Bertz CT molecular complexity index is 1330. The zero-order valence-corrected chi connectivity index (χ0v) is 21.0. The first kappa shape index (κ1) is 26.3. The molecule has 0 aromatic heterocycles. The van der Waals surface area contributed by atoms with Crippen molar-refractivity contribution in [1.82, 2.24) is 0 Å². The van der Waals surface area contributed by atoms with Crippen LogP contribution in [0, 0.1) is 25.2 Å². The highest BCUT2D eigenvalue weighted by atomic mass is 35.5. The van der Waals surface area contributed by atoms with Crippen molar-refractivity contribution < 1.29 is 19.1 Å². The summed E-state index contributed by atoms with van der Waals surface area (Å²) in [5.74, 6) is -0.0996. The molecule has 0 heterocycles. The zero-order valence-electron chi connectivity index (χ0n) is 20.2. The number of nitrogens with one attached hydrogen (secondary N) is 2. The van der Waals surface area contributed by atoms with Crippen molar-refractivity contribution in [1.29, 1.82) is 5.26 Å². The van der Waals surface area contributed by atoms with E-state index in [0.29, 0.717) is 34.4 Å². The van der Waals surface area contributed by atoms with Gasteiger partial charge in [-0.2, -0.15) is 5.26 Å². The molecule has 0 fully saturated rings. The van der Waals surface area contributed by atoms with E-state index in [0.717, 1.165) is 16.8 Å². The van der Waals surface area contributed by atoms with E-state index in [9.17, 15) is 14.9 Å². The molecule has 0 unspecified atom stereocenters. The number of nitriles is 1. The number of hydrogen-bond acceptors (Lipinski definition) is 5. The second-order valence-corrected chi connectivity index (χ2v) is 8.29. The molecule has 0 aliphatic rings. The molecule has 0 aliphatic heterocycles. The molecule has 2 N–H and O–H groups in total. The summed E-state index contributed by atoms with van der Waals surface area (Å²) in [7, 11) is 0. The van der Waals surface area contributed by atoms with Gasteiger partial charge in [-0.1, -0.05) is 29.8 Å². The normalized spacial score (nSPS) is 10.8. The number of halogens is 1. The molecule has 3 aromatic rings. The minimum Gasteiger partial charge on any atom is -0.490 e. The van der Waals surface area contributed by atoms with Crippen LogP contribution in [0.15, 0.2) is 66.2 Å². The molecular weight excluding hydrogens is 478 g/mol. The van der Waals surface area contributed by atoms with Crippen molar-refractivity contribution in [2.45, 2.75) is 20.8 Å². The standard InChI is InChI=1S/C28H26ClN3O4/c1-4-35-26-15-20(14-21(16-30)28(34)31-23-11-9-22(29)10-12-23)8-13-25(26)36-17-27(33)32-24-7-5-6-18(2)19(24)3/h5-15H,4,17H2,1-3H3,(H,31,34)(H,32,33)/b21-14-. The summed E-state index contributed by atoms with van der Waals surface area (Å²) in [5.41, 5.74) is 3.79. The van der Waals surface area contributed by atoms with Gasteiger partial charge in [0.2, 0.25) is 0 Å². The highest BCUT2D eigenvalue weighted by Gasteiger charge is 2.13. The molecule has 0 spiro atoms. The molecule has 2 amide bonds. The van der Waals surface area contributed by atoms with Crippen molar-refractivity contribution >= 4 is 40.9 Å². The van der Waals surface area contributed by atoms with Gasteiger partial charge in [-0.3, -0.25) is 9.59 Å². The third kappa shape index (κ3) is 7.11. The molecular formula is C28H26ClN3O4. The summed E-state index contributed by atoms with van der Waals surface area (Å²) in [5, 5.41) is 15.6. The minimum atomic E-state index is -0.554. The monoisotopic (exact) mass is 503 g/mol. The Balaban J connectivity index is 1.71. The summed E-state index contributed by atoms with van der Waals surface area (Å²) in [6.07, 6.45) is 1.45. The van der Waals surface area contributed by atoms with Crippen LogP contribution in [0.3, 0.4) is 0 Å². The number of hydrogen-bond donors (Lipinski definition) is 2. The van der Waals surface area contributed by atoms with Crippen LogP contribution in [0.1, 0.15) is 23.6 Å². The smallest absolute Gasteiger partial charge is 0.266 e. The lowest BCUT2D eigenvalue weighted by Gasteiger charge is -2.14. The van der Waals surface area contributed by atoms with E-state index in [-0.39, 0.29) is 18.1 Å². The number of anilines is 2. The molecule has 3 rings (SSSR count). The second kappa shape index (κ2) is 12.4. The fourth-order valence-electron chi connectivity index (χ4n) is 3.26. The number of benzene rings is 3. The van der Waals surface area contributed by atoms with Crippen molar-refractivity contribution in [3.8, 4) is 17.6 Å². The summed E-state index contributed by atoms with van der Waals surface area (Å²) in [4.78, 5) is 25.0. The molecule has 0 saturated heterocycles. The van der Waals surface area contributed by atoms with Gasteiger partial charge in [-0.15, -0.1) is 0 Å². The fraction of sp³-hybridized carbons (Fsp3) is 0.179. The van der Waals surface area contributed by atoms with Crippen LogP contribution in [0.2, 0.25) is 5.02 Å². The van der Waals surface area contributed by atoms with Crippen LogP contribution in [0.5, 0.6) is 11.5 Å². The van der Waals surface area contributed by atoms with Crippen LogP contribution in [0.4, 0.5) is 11.4 Å². The number of carbonyl (C=O) groups excluding carboxylic acids is 2. The van der Waals surface area contributed by atoms with Gasteiger partial charge in [0.05, 0.1) is 6.61 Å². The van der Waals surface area contributed by atoms with E-state index in [2.05, 4.69) is 10.6 Å². The highest BCUT2D eigenvalue weighted by Crippen LogP contribution is 2.30. The Kier molecular flexibility index (Phi) is 9.09. The Morgan fingerprint density at radius 2 is 1.75 bits per heavy atom. The average Bonchev–Trinajstić information content (AvgIpc) is 2.86.